The zero-order valence-corrected chi connectivity index (χ0v) is 12.9. The summed E-state index contributed by atoms with van der Waals surface area (Å²) in [6.45, 7) is 6.15. The average Bonchev–Trinajstić information content (AvgIpc) is 2.45. The van der Waals surface area contributed by atoms with Gasteiger partial charge in [-0.1, -0.05) is 51.1 Å². The van der Waals surface area contributed by atoms with Crippen molar-refractivity contribution in [1.29, 1.82) is 0 Å². The van der Waals surface area contributed by atoms with Crippen LogP contribution in [0.5, 0.6) is 0 Å². The number of halogens is 1. The fourth-order valence-corrected chi connectivity index (χ4v) is 2.42. The van der Waals surface area contributed by atoms with Gasteiger partial charge >= 0.3 is 0 Å². The first-order valence-corrected chi connectivity index (χ1v) is 7.25. The number of pyridine rings is 1. The van der Waals surface area contributed by atoms with Crippen molar-refractivity contribution in [2.75, 3.05) is 0 Å². The summed E-state index contributed by atoms with van der Waals surface area (Å²) < 4.78 is 12.6. The second kappa shape index (κ2) is 6.35. The summed E-state index contributed by atoms with van der Waals surface area (Å²) in [6.07, 6.45) is 2.70. The number of benzene rings is 1. The second-order valence-electron chi connectivity index (χ2n) is 6.64. The SMILES string of the molecule is CC(C)(C)Cc1cccnc1[C@@H](N)c1ccc(CF)cc1. The highest BCUT2D eigenvalue weighted by Crippen LogP contribution is 2.27. The average molecular weight is 286 g/mol. The van der Waals surface area contributed by atoms with Crippen molar-refractivity contribution in [1.82, 2.24) is 4.98 Å². The third kappa shape index (κ3) is 4.11. The minimum Gasteiger partial charge on any atom is -0.319 e. The Morgan fingerprint density at radius 1 is 1.14 bits per heavy atom. The Bertz CT molecular complexity index is 585. The van der Waals surface area contributed by atoms with Crippen LogP contribution in [0, 0.1) is 5.41 Å². The van der Waals surface area contributed by atoms with Crippen LogP contribution < -0.4 is 5.73 Å². The van der Waals surface area contributed by atoms with Crippen molar-refractivity contribution in [2.45, 2.75) is 39.9 Å². The van der Waals surface area contributed by atoms with E-state index in [-0.39, 0.29) is 11.5 Å². The molecular weight excluding hydrogens is 263 g/mol. The van der Waals surface area contributed by atoms with Gasteiger partial charge < -0.3 is 5.73 Å². The molecule has 3 heteroatoms. The first kappa shape index (κ1) is 15.6. The molecule has 0 unspecified atom stereocenters. The molecule has 0 spiro atoms. The molecule has 1 aromatic carbocycles. The molecule has 0 bridgehead atoms. The fraction of sp³-hybridized carbons (Fsp3) is 0.389. The highest BCUT2D eigenvalue weighted by atomic mass is 19.1. The van der Waals surface area contributed by atoms with Crippen molar-refractivity contribution in [2.24, 2.45) is 11.1 Å². The number of aromatic nitrogens is 1. The van der Waals surface area contributed by atoms with E-state index in [0.29, 0.717) is 5.56 Å². The summed E-state index contributed by atoms with van der Waals surface area (Å²) >= 11 is 0. The highest BCUT2D eigenvalue weighted by molar-refractivity contribution is 5.34. The third-order valence-electron chi connectivity index (χ3n) is 3.43. The van der Waals surface area contributed by atoms with Gasteiger partial charge in [-0.2, -0.15) is 0 Å². The Morgan fingerprint density at radius 2 is 1.81 bits per heavy atom. The zero-order valence-electron chi connectivity index (χ0n) is 12.9. The van der Waals surface area contributed by atoms with Crippen LogP contribution in [0.1, 0.15) is 49.2 Å². The first-order chi connectivity index (χ1) is 9.90. The molecule has 0 aliphatic heterocycles. The molecule has 0 aliphatic carbocycles. The standard InChI is InChI=1S/C18H23FN2/c1-18(2,3)11-15-5-4-10-21-17(15)16(20)14-8-6-13(12-19)7-9-14/h4-10,16H,11-12,20H2,1-3H3/t16-/m0/s1. The topological polar surface area (TPSA) is 38.9 Å². The van der Waals surface area contributed by atoms with E-state index in [9.17, 15) is 4.39 Å². The molecule has 2 rings (SSSR count). The van der Waals surface area contributed by atoms with Crippen LogP contribution in [0.3, 0.4) is 0 Å². The van der Waals surface area contributed by atoms with Crippen LogP contribution >= 0.6 is 0 Å². The van der Waals surface area contributed by atoms with Gasteiger partial charge in [0.05, 0.1) is 11.7 Å². The van der Waals surface area contributed by atoms with E-state index in [0.717, 1.165) is 17.7 Å². The molecule has 0 fully saturated rings. The van der Waals surface area contributed by atoms with E-state index >= 15 is 0 Å². The normalized spacial score (nSPS) is 13.2. The lowest BCUT2D eigenvalue weighted by Gasteiger charge is -2.22. The molecule has 0 aliphatic rings. The predicted octanol–water partition coefficient (Wildman–Crippen LogP) is 4.19. The monoisotopic (exact) mass is 286 g/mol. The predicted molar refractivity (Wildman–Crippen MR) is 84.7 cm³/mol. The Kier molecular flexibility index (Phi) is 4.73. The number of hydrogen-bond donors (Lipinski definition) is 1. The van der Waals surface area contributed by atoms with E-state index in [1.165, 1.54) is 5.56 Å². The molecular formula is C18H23FN2. The number of hydrogen-bond acceptors (Lipinski definition) is 2. The van der Waals surface area contributed by atoms with Crippen molar-refractivity contribution < 1.29 is 4.39 Å². The zero-order chi connectivity index (χ0) is 15.5. The van der Waals surface area contributed by atoms with Gasteiger partial charge in [-0.25, -0.2) is 4.39 Å². The van der Waals surface area contributed by atoms with Gasteiger partial charge in [-0.05, 0) is 34.6 Å². The fourth-order valence-electron chi connectivity index (χ4n) is 2.42. The maximum Gasteiger partial charge on any atom is 0.115 e. The Labute approximate surface area is 126 Å². The molecule has 0 radical (unpaired) electrons. The van der Waals surface area contributed by atoms with Gasteiger partial charge in [0.2, 0.25) is 0 Å². The van der Waals surface area contributed by atoms with E-state index in [2.05, 4.69) is 31.8 Å². The summed E-state index contributed by atoms with van der Waals surface area (Å²) in [5.41, 5.74) is 10.3. The lowest BCUT2D eigenvalue weighted by atomic mass is 9.86. The smallest absolute Gasteiger partial charge is 0.115 e. The molecule has 0 amide bonds. The second-order valence-corrected chi connectivity index (χ2v) is 6.64. The number of nitrogens with zero attached hydrogens (tertiary/aromatic N) is 1. The molecule has 21 heavy (non-hydrogen) atoms. The lowest BCUT2D eigenvalue weighted by Crippen LogP contribution is -2.19. The van der Waals surface area contributed by atoms with E-state index in [1.807, 2.05) is 18.2 Å². The van der Waals surface area contributed by atoms with Gasteiger partial charge in [0.1, 0.15) is 6.67 Å². The van der Waals surface area contributed by atoms with Crippen LogP contribution in [0.2, 0.25) is 0 Å². The summed E-state index contributed by atoms with van der Waals surface area (Å²) in [7, 11) is 0. The maximum absolute atomic E-state index is 12.6. The van der Waals surface area contributed by atoms with E-state index < -0.39 is 6.67 Å². The van der Waals surface area contributed by atoms with Gasteiger partial charge in [-0.15, -0.1) is 0 Å². The van der Waals surface area contributed by atoms with Crippen LogP contribution in [-0.2, 0) is 13.1 Å². The minimum atomic E-state index is -0.450. The van der Waals surface area contributed by atoms with Crippen molar-refractivity contribution >= 4 is 0 Å². The Morgan fingerprint density at radius 3 is 2.38 bits per heavy atom. The summed E-state index contributed by atoms with van der Waals surface area (Å²) in [5, 5.41) is 0. The maximum atomic E-state index is 12.6. The van der Waals surface area contributed by atoms with Crippen LogP contribution in [0.15, 0.2) is 42.6 Å². The number of nitrogens with two attached hydrogens (primary N) is 1. The van der Waals surface area contributed by atoms with Gasteiger partial charge in [0.25, 0.3) is 0 Å². The van der Waals surface area contributed by atoms with Gasteiger partial charge in [0, 0.05) is 6.20 Å². The van der Waals surface area contributed by atoms with Crippen LogP contribution in [-0.4, -0.2) is 4.98 Å². The Balaban J connectivity index is 2.31. The molecule has 0 saturated carbocycles. The number of rotatable bonds is 4. The van der Waals surface area contributed by atoms with Crippen LogP contribution in [0.4, 0.5) is 4.39 Å². The highest BCUT2D eigenvalue weighted by Gasteiger charge is 2.19. The quantitative estimate of drug-likeness (QED) is 0.915. The molecule has 1 heterocycles. The van der Waals surface area contributed by atoms with Crippen LogP contribution in [0.25, 0.3) is 0 Å². The Hall–Kier alpha value is -1.74. The molecule has 2 N–H and O–H groups in total. The van der Waals surface area contributed by atoms with Crippen molar-refractivity contribution in [3.8, 4) is 0 Å². The lowest BCUT2D eigenvalue weighted by molar-refractivity contribution is 0.408. The minimum absolute atomic E-state index is 0.176. The molecule has 112 valence electrons. The van der Waals surface area contributed by atoms with Gasteiger partial charge in [-0.3, -0.25) is 4.98 Å². The van der Waals surface area contributed by atoms with Crippen molar-refractivity contribution in [3.05, 3.63) is 65.0 Å². The summed E-state index contributed by atoms with van der Waals surface area (Å²) in [4.78, 5) is 4.48. The largest absolute Gasteiger partial charge is 0.319 e. The van der Waals surface area contributed by atoms with E-state index in [4.69, 9.17) is 5.73 Å². The van der Waals surface area contributed by atoms with E-state index in [1.54, 1.807) is 18.3 Å². The number of alkyl halides is 1. The molecule has 1 aromatic heterocycles. The molecule has 1 atom stereocenters. The molecule has 2 aromatic rings. The molecule has 0 saturated heterocycles. The first-order valence-electron chi connectivity index (χ1n) is 7.25. The summed E-state index contributed by atoms with van der Waals surface area (Å²) in [5.74, 6) is 0. The van der Waals surface area contributed by atoms with Crippen molar-refractivity contribution in [3.63, 3.8) is 0 Å². The third-order valence-corrected chi connectivity index (χ3v) is 3.43. The van der Waals surface area contributed by atoms with Gasteiger partial charge in [0.15, 0.2) is 0 Å². The summed E-state index contributed by atoms with van der Waals surface area (Å²) in [6, 6.07) is 11.1. The molecule has 2 nitrogen and oxygen atoms in total.